The van der Waals surface area contributed by atoms with Crippen LogP contribution < -0.4 is 5.32 Å². The lowest BCUT2D eigenvalue weighted by Crippen LogP contribution is -2.09. The molecule has 0 spiro atoms. The first-order valence-electron chi connectivity index (χ1n) is 7.70. The van der Waals surface area contributed by atoms with Crippen LogP contribution in [0.3, 0.4) is 0 Å². The first-order chi connectivity index (χ1) is 11.1. The second-order valence-corrected chi connectivity index (χ2v) is 4.19. The van der Waals surface area contributed by atoms with E-state index in [1.807, 2.05) is 20.8 Å². The van der Waals surface area contributed by atoms with Gasteiger partial charge >= 0.3 is 0 Å². The number of phenolic OH excluding ortho intramolecular Hbond substituents is 2. The quantitative estimate of drug-likeness (QED) is 0.471. The maximum atomic E-state index is 9.13. The van der Waals surface area contributed by atoms with Crippen molar-refractivity contribution in [1.29, 1.82) is 0 Å². The van der Waals surface area contributed by atoms with Crippen LogP contribution in [0.2, 0.25) is 0 Å². The van der Waals surface area contributed by atoms with Crippen molar-refractivity contribution in [1.82, 2.24) is 5.32 Å². The van der Waals surface area contributed by atoms with E-state index < -0.39 is 0 Å². The van der Waals surface area contributed by atoms with Gasteiger partial charge in [-0.05, 0) is 58.0 Å². The summed E-state index contributed by atoms with van der Waals surface area (Å²) in [6, 6.07) is 4.87. The standard InChI is InChI=1S/C9H13NO2.C5H12O.C2H6O.CH2O/c1-10-5-4-7-2-3-8(11)9(12)6-7;1-3-5-6-4-2;1-2-3;1-2/h2-3,6,10-12H,4-5H2,1H3;3-5H2,1-2H3;3H,2H2,1H3;1H2. The minimum atomic E-state index is -0.0665. The molecule has 23 heavy (non-hydrogen) atoms. The molecule has 1 rings (SSSR count). The number of ether oxygens (including phenoxy) is 1. The summed E-state index contributed by atoms with van der Waals surface area (Å²) in [5.74, 6) is -0.119. The van der Waals surface area contributed by atoms with E-state index >= 15 is 0 Å². The third kappa shape index (κ3) is 20.4. The summed E-state index contributed by atoms with van der Waals surface area (Å²) in [4.78, 5) is 8.00. The summed E-state index contributed by atoms with van der Waals surface area (Å²) in [6.07, 6.45) is 1.98. The molecule has 0 fully saturated rings. The van der Waals surface area contributed by atoms with Gasteiger partial charge in [-0.15, -0.1) is 0 Å². The van der Waals surface area contributed by atoms with Gasteiger partial charge in [0, 0.05) is 19.8 Å². The second-order valence-electron chi connectivity index (χ2n) is 4.19. The zero-order valence-electron chi connectivity index (χ0n) is 14.8. The Bertz CT molecular complexity index is 344. The van der Waals surface area contributed by atoms with E-state index in [1.54, 1.807) is 19.1 Å². The van der Waals surface area contributed by atoms with E-state index in [0.717, 1.165) is 38.2 Å². The van der Waals surface area contributed by atoms with Crippen molar-refractivity contribution in [2.24, 2.45) is 0 Å². The molecule has 0 saturated carbocycles. The largest absolute Gasteiger partial charge is 0.504 e. The van der Waals surface area contributed by atoms with Crippen LogP contribution in [0.4, 0.5) is 0 Å². The van der Waals surface area contributed by atoms with Gasteiger partial charge in [-0.3, -0.25) is 0 Å². The van der Waals surface area contributed by atoms with Crippen LogP contribution >= 0.6 is 0 Å². The monoisotopic (exact) mass is 331 g/mol. The number of aromatic hydroxyl groups is 2. The Morgan fingerprint density at radius 1 is 1.13 bits per heavy atom. The highest BCUT2D eigenvalue weighted by molar-refractivity contribution is 5.40. The molecule has 0 radical (unpaired) electrons. The van der Waals surface area contributed by atoms with Crippen molar-refractivity contribution in [2.45, 2.75) is 33.6 Å². The molecule has 0 bridgehead atoms. The highest BCUT2D eigenvalue weighted by atomic mass is 16.5. The van der Waals surface area contributed by atoms with Crippen molar-refractivity contribution in [3.05, 3.63) is 23.8 Å². The lowest BCUT2D eigenvalue weighted by molar-refractivity contribution is -0.0979. The van der Waals surface area contributed by atoms with Crippen molar-refractivity contribution < 1.29 is 24.9 Å². The number of carbonyl (C=O) groups is 1. The number of carbonyl (C=O) groups excluding carboxylic acids is 1. The fraction of sp³-hybridized carbons (Fsp3) is 0.588. The molecule has 4 N–H and O–H groups in total. The van der Waals surface area contributed by atoms with Crippen LogP contribution in [-0.4, -0.2) is 55.5 Å². The van der Waals surface area contributed by atoms with Gasteiger partial charge in [-0.1, -0.05) is 13.0 Å². The summed E-state index contributed by atoms with van der Waals surface area (Å²) in [7, 11) is 1.88. The molecule has 0 aliphatic heterocycles. The van der Waals surface area contributed by atoms with E-state index in [1.165, 1.54) is 6.07 Å². The Balaban J connectivity index is -0.000000307. The number of aliphatic hydroxyl groups is 1. The van der Waals surface area contributed by atoms with Crippen LogP contribution in [0.5, 0.6) is 11.5 Å². The predicted molar refractivity (Wildman–Crippen MR) is 94.1 cm³/mol. The van der Waals surface area contributed by atoms with Crippen molar-refractivity contribution >= 4 is 6.79 Å². The molecule has 136 valence electrons. The molecular weight excluding hydrogens is 298 g/mol. The predicted octanol–water partition coefficient (Wildman–Crippen LogP) is 2.11. The lowest BCUT2D eigenvalue weighted by atomic mass is 10.1. The molecule has 1 aromatic rings. The third-order valence-corrected chi connectivity index (χ3v) is 2.26. The Kier molecular flexibility index (Phi) is 25.9. The first-order valence-corrected chi connectivity index (χ1v) is 7.70. The first kappa shape index (κ1) is 26.3. The maximum absolute atomic E-state index is 9.13. The average molecular weight is 331 g/mol. The number of rotatable bonds is 6. The van der Waals surface area contributed by atoms with Crippen LogP contribution in [0.25, 0.3) is 0 Å². The topological polar surface area (TPSA) is 99.0 Å². The molecule has 0 unspecified atom stereocenters. The molecule has 1 aromatic carbocycles. The van der Waals surface area contributed by atoms with Crippen LogP contribution in [0.1, 0.15) is 32.8 Å². The molecule has 6 heteroatoms. The summed E-state index contributed by atoms with van der Waals surface area (Å²) in [5.41, 5.74) is 1.01. The van der Waals surface area contributed by atoms with Crippen LogP contribution in [-0.2, 0) is 16.0 Å². The van der Waals surface area contributed by atoms with Gasteiger partial charge < -0.3 is 30.2 Å². The molecule has 0 aliphatic rings. The molecular formula is C17H33NO5. The third-order valence-electron chi connectivity index (χ3n) is 2.26. The van der Waals surface area contributed by atoms with Crippen molar-refractivity contribution in [2.75, 3.05) is 33.4 Å². The highest BCUT2D eigenvalue weighted by Gasteiger charge is 1.99. The number of aliphatic hydroxyl groups excluding tert-OH is 1. The Morgan fingerprint density at radius 2 is 1.70 bits per heavy atom. The van der Waals surface area contributed by atoms with Gasteiger partial charge in [0.1, 0.15) is 6.79 Å². The molecule has 0 saturated heterocycles. The minimum Gasteiger partial charge on any atom is -0.504 e. The van der Waals surface area contributed by atoms with E-state index in [2.05, 4.69) is 12.2 Å². The minimum absolute atomic E-state index is 0.0522. The summed E-state index contributed by atoms with van der Waals surface area (Å²) in [6.45, 7) is 10.7. The molecule has 0 heterocycles. The zero-order chi connectivity index (χ0) is 18.5. The number of benzene rings is 1. The van der Waals surface area contributed by atoms with E-state index in [4.69, 9.17) is 24.9 Å². The number of phenols is 2. The maximum Gasteiger partial charge on any atom is 0.157 e. The van der Waals surface area contributed by atoms with Gasteiger partial charge in [0.05, 0.1) is 0 Å². The molecule has 0 atom stereocenters. The number of hydrogen-bond donors (Lipinski definition) is 4. The van der Waals surface area contributed by atoms with Gasteiger partial charge in [0.25, 0.3) is 0 Å². The second kappa shape index (κ2) is 22.6. The number of likely N-dealkylation sites (N-methyl/N-ethyl adjacent to an activating group) is 1. The molecule has 0 amide bonds. The van der Waals surface area contributed by atoms with E-state index in [-0.39, 0.29) is 18.1 Å². The van der Waals surface area contributed by atoms with Crippen molar-refractivity contribution in [3.8, 4) is 11.5 Å². The van der Waals surface area contributed by atoms with Crippen LogP contribution in [0.15, 0.2) is 18.2 Å². The van der Waals surface area contributed by atoms with E-state index in [9.17, 15) is 0 Å². The number of hydrogen-bond acceptors (Lipinski definition) is 6. The smallest absolute Gasteiger partial charge is 0.157 e. The van der Waals surface area contributed by atoms with Gasteiger partial charge in [-0.25, -0.2) is 0 Å². The van der Waals surface area contributed by atoms with Gasteiger partial charge in [0.15, 0.2) is 11.5 Å². The Hall–Kier alpha value is -1.63. The lowest BCUT2D eigenvalue weighted by Gasteiger charge is -2.02. The molecule has 0 aliphatic carbocycles. The van der Waals surface area contributed by atoms with Crippen LogP contribution in [0, 0.1) is 0 Å². The van der Waals surface area contributed by atoms with Crippen molar-refractivity contribution in [3.63, 3.8) is 0 Å². The fourth-order valence-electron chi connectivity index (χ4n) is 1.28. The van der Waals surface area contributed by atoms with Gasteiger partial charge in [0.2, 0.25) is 0 Å². The SMILES string of the molecule is C=O.CCCOCC.CCO.CNCCc1ccc(O)c(O)c1. The molecule has 0 aromatic heterocycles. The summed E-state index contributed by atoms with van der Waals surface area (Å²) >= 11 is 0. The summed E-state index contributed by atoms with van der Waals surface area (Å²) < 4.78 is 4.98. The summed E-state index contributed by atoms with van der Waals surface area (Å²) in [5, 5.41) is 28.7. The molecule has 6 nitrogen and oxygen atoms in total. The average Bonchev–Trinajstić information content (AvgIpc) is 2.57. The Morgan fingerprint density at radius 3 is 2.04 bits per heavy atom. The normalized spacial score (nSPS) is 8.57. The van der Waals surface area contributed by atoms with E-state index in [0.29, 0.717) is 0 Å². The number of nitrogens with one attached hydrogen (secondary N) is 1. The Labute approximate surface area is 140 Å². The highest BCUT2D eigenvalue weighted by Crippen LogP contribution is 2.24. The van der Waals surface area contributed by atoms with Gasteiger partial charge in [-0.2, -0.15) is 0 Å². The fourth-order valence-corrected chi connectivity index (χ4v) is 1.28. The zero-order valence-corrected chi connectivity index (χ0v) is 14.8.